The number of carboxylic acids is 1. The second-order valence-electron chi connectivity index (χ2n) is 3.29. The minimum Gasteiger partial charge on any atom is -0.479 e. The van der Waals surface area contributed by atoms with Crippen LogP contribution in [0.5, 0.6) is 0 Å². The molecule has 6 nitrogen and oxygen atoms in total. The van der Waals surface area contributed by atoms with Gasteiger partial charge in [0.05, 0.1) is 6.61 Å². The third-order valence-electron chi connectivity index (χ3n) is 1.80. The molecule has 0 heterocycles. The van der Waals surface area contributed by atoms with Crippen molar-refractivity contribution in [1.82, 2.24) is 0 Å². The van der Waals surface area contributed by atoms with Crippen LogP contribution >= 0.6 is 0 Å². The van der Waals surface area contributed by atoms with E-state index < -0.39 is 18.2 Å². The van der Waals surface area contributed by atoms with Crippen LogP contribution in [0.15, 0.2) is 0 Å². The predicted octanol–water partition coefficient (Wildman–Crippen LogP) is 1.47. The van der Waals surface area contributed by atoms with E-state index in [9.17, 15) is 9.59 Å². The summed E-state index contributed by atoms with van der Waals surface area (Å²) in [6, 6.07) is 0. The Morgan fingerprint density at radius 2 is 1.39 bits per heavy atom. The fraction of sp³-hybridized carbons (Fsp3) is 0.833. The molecule has 2 atom stereocenters. The molecule has 0 aromatic rings. The Hall–Kier alpha value is -1.14. The van der Waals surface area contributed by atoms with Crippen LogP contribution in [0.4, 0.5) is 0 Å². The molecule has 2 unspecified atom stereocenters. The van der Waals surface area contributed by atoms with E-state index in [1.165, 1.54) is 6.92 Å². The van der Waals surface area contributed by atoms with E-state index in [0.717, 1.165) is 0 Å². The fourth-order valence-electron chi connectivity index (χ4n) is 0.899. The van der Waals surface area contributed by atoms with Gasteiger partial charge in [0.25, 0.3) is 0 Å². The molecule has 0 amide bonds. The maximum absolute atomic E-state index is 10.8. The Bertz CT molecular complexity index is 229. The number of carboxylic acid groups (broad SMARTS) is 1. The van der Waals surface area contributed by atoms with E-state index in [1.54, 1.807) is 20.8 Å². The smallest absolute Gasteiger partial charge is 0.334 e. The summed E-state index contributed by atoms with van der Waals surface area (Å²) in [6.45, 7) is 9.97. The van der Waals surface area contributed by atoms with E-state index in [0.29, 0.717) is 19.8 Å². The van der Waals surface area contributed by atoms with Crippen molar-refractivity contribution in [1.29, 1.82) is 0 Å². The summed E-state index contributed by atoms with van der Waals surface area (Å²) in [5.74, 6) is -1.20. The fourth-order valence-corrected chi connectivity index (χ4v) is 0.899. The molecule has 1 N–H and O–H groups in total. The lowest BCUT2D eigenvalue weighted by molar-refractivity contribution is -0.155. The van der Waals surface area contributed by atoms with Crippen LogP contribution in [0.1, 0.15) is 34.6 Å². The van der Waals surface area contributed by atoms with Gasteiger partial charge in [0, 0.05) is 13.2 Å². The Balaban J connectivity index is 0. The molecule has 0 aliphatic rings. The van der Waals surface area contributed by atoms with Crippen LogP contribution in [0, 0.1) is 0 Å². The van der Waals surface area contributed by atoms with Gasteiger partial charge in [-0.15, -0.1) is 0 Å². The van der Waals surface area contributed by atoms with Crippen LogP contribution in [0.25, 0.3) is 0 Å². The molecule has 0 aromatic heterocycles. The average molecular weight is 264 g/mol. The maximum atomic E-state index is 10.8. The third kappa shape index (κ3) is 11.3. The topological polar surface area (TPSA) is 82.1 Å². The van der Waals surface area contributed by atoms with Crippen molar-refractivity contribution in [2.45, 2.75) is 46.8 Å². The number of esters is 1. The van der Waals surface area contributed by atoms with Crippen LogP contribution in [-0.4, -0.2) is 49.1 Å². The molecule has 0 saturated carbocycles. The van der Waals surface area contributed by atoms with Crippen molar-refractivity contribution in [3.05, 3.63) is 0 Å². The standard InChI is InChI=1S/C7H14O3.C5H10O3/c1-4-9-6(3)7(8)10-5-2;1-3-8-4(2)5(6)7/h6H,4-5H2,1-3H3;4H,3H2,1-2H3,(H,6,7). The van der Waals surface area contributed by atoms with E-state index in [-0.39, 0.29) is 5.97 Å². The first kappa shape index (κ1) is 19.2. The molecule has 0 radical (unpaired) electrons. The molecule has 0 spiro atoms. The number of hydrogen-bond acceptors (Lipinski definition) is 5. The summed E-state index contributed by atoms with van der Waals surface area (Å²) in [5, 5.41) is 8.19. The van der Waals surface area contributed by atoms with Gasteiger partial charge in [0.15, 0.2) is 12.2 Å². The largest absolute Gasteiger partial charge is 0.479 e. The number of rotatable bonds is 7. The highest BCUT2D eigenvalue weighted by atomic mass is 16.6. The SMILES string of the molecule is CCOC(=O)C(C)OCC.CCOC(C)C(=O)O. The van der Waals surface area contributed by atoms with Gasteiger partial charge < -0.3 is 19.3 Å². The summed E-state index contributed by atoms with van der Waals surface area (Å²) in [4.78, 5) is 20.7. The highest BCUT2D eigenvalue weighted by Gasteiger charge is 2.12. The van der Waals surface area contributed by atoms with Crippen molar-refractivity contribution >= 4 is 11.9 Å². The van der Waals surface area contributed by atoms with Crippen molar-refractivity contribution < 1.29 is 28.9 Å². The van der Waals surface area contributed by atoms with Gasteiger partial charge >= 0.3 is 11.9 Å². The predicted molar refractivity (Wildman–Crippen MR) is 66.4 cm³/mol. The molecular formula is C12H24O6. The van der Waals surface area contributed by atoms with E-state index in [2.05, 4.69) is 0 Å². The van der Waals surface area contributed by atoms with Crippen LogP contribution in [-0.2, 0) is 23.8 Å². The summed E-state index contributed by atoms with van der Waals surface area (Å²) < 4.78 is 14.4. The van der Waals surface area contributed by atoms with Gasteiger partial charge in [-0.2, -0.15) is 0 Å². The third-order valence-corrected chi connectivity index (χ3v) is 1.80. The molecule has 0 aromatic carbocycles. The monoisotopic (exact) mass is 264 g/mol. The van der Waals surface area contributed by atoms with Crippen molar-refractivity contribution in [3.8, 4) is 0 Å². The van der Waals surface area contributed by atoms with E-state index >= 15 is 0 Å². The number of carbonyl (C=O) groups is 2. The highest BCUT2D eigenvalue weighted by Crippen LogP contribution is 1.93. The molecule has 18 heavy (non-hydrogen) atoms. The summed E-state index contributed by atoms with van der Waals surface area (Å²) >= 11 is 0. The van der Waals surface area contributed by atoms with Crippen LogP contribution < -0.4 is 0 Å². The summed E-state index contributed by atoms with van der Waals surface area (Å²) in [7, 11) is 0. The molecule has 0 fully saturated rings. The van der Waals surface area contributed by atoms with Gasteiger partial charge in [-0.3, -0.25) is 0 Å². The first-order valence-electron chi connectivity index (χ1n) is 6.03. The second-order valence-corrected chi connectivity index (χ2v) is 3.29. The lowest BCUT2D eigenvalue weighted by atomic mass is 10.4. The van der Waals surface area contributed by atoms with Gasteiger partial charge in [0.2, 0.25) is 0 Å². The molecule has 0 aliphatic carbocycles. The van der Waals surface area contributed by atoms with E-state index in [4.69, 9.17) is 19.3 Å². The molecule has 6 heteroatoms. The molecule has 108 valence electrons. The quantitative estimate of drug-likeness (QED) is 0.701. The Kier molecular flexibility index (Phi) is 13.1. The number of carbonyl (C=O) groups excluding carboxylic acids is 1. The first-order valence-corrected chi connectivity index (χ1v) is 6.03. The number of hydrogen-bond donors (Lipinski definition) is 1. The van der Waals surface area contributed by atoms with Gasteiger partial charge in [-0.1, -0.05) is 0 Å². The van der Waals surface area contributed by atoms with Gasteiger partial charge in [-0.25, -0.2) is 9.59 Å². The molecule has 0 saturated heterocycles. The number of ether oxygens (including phenoxy) is 3. The molecular weight excluding hydrogens is 240 g/mol. The maximum Gasteiger partial charge on any atom is 0.334 e. The summed E-state index contributed by atoms with van der Waals surface area (Å²) in [6.07, 6.45) is -1.09. The van der Waals surface area contributed by atoms with E-state index in [1.807, 2.05) is 6.92 Å². The Morgan fingerprint density at radius 1 is 0.944 bits per heavy atom. The highest BCUT2D eigenvalue weighted by molar-refractivity contribution is 5.74. The minimum atomic E-state index is -0.910. The van der Waals surface area contributed by atoms with Gasteiger partial charge in [-0.05, 0) is 34.6 Å². The molecule has 0 aliphatic heterocycles. The van der Waals surface area contributed by atoms with Crippen molar-refractivity contribution in [2.24, 2.45) is 0 Å². The molecule has 0 bridgehead atoms. The number of aliphatic carboxylic acids is 1. The van der Waals surface area contributed by atoms with Gasteiger partial charge in [0.1, 0.15) is 0 Å². The summed E-state index contributed by atoms with van der Waals surface area (Å²) in [5.41, 5.74) is 0. The van der Waals surface area contributed by atoms with Crippen LogP contribution in [0.3, 0.4) is 0 Å². The zero-order chi connectivity index (χ0) is 14.6. The van der Waals surface area contributed by atoms with Crippen molar-refractivity contribution in [3.63, 3.8) is 0 Å². The second kappa shape index (κ2) is 12.3. The lowest BCUT2D eigenvalue weighted by Crippen LogP contribution is -2.23. The normalized spacial score (nSPS) is 12.9. The lowest BCUT2D eigenvalue weighted by Gasteiger charge is -2.08. The zero-order valence-corrected chi connectivity index (χ0v) is 11.8. The minimum absolute atomic E-state index is 0.288. The van der Waals surface area contributed by atoms with Crippen LogP contribution in [0.2, 0.25) is 0 Å². The Morgan fingerprint density at radius 3 is 1.67 bits per heavy atom. The Labute approximate surface area is 108 Å². The average Bonchev–Trinajstić information content (AvgIpc) is 2.30. The molecule has 0 rings (SSSR count). The van der Waals surface area contributed by atoms with Crippen molar-refractivity contribution in [2.75, 3.05) is 19.8 Å². The zero-order valence-electron chi connectivity index (χ0n) is 11.8. The first-order chi connectivity index (χ1) is 8.40.